The molecule has 78 valence electrons. The van der Waals surface area contributed by atoms with Crippen LogP contribution >= 0.6 is 0 Å². The molecule has 3 fully saturated rings. The van der Waals surface area contributed by atoms with Crippen LogP contribution < -0.4 is 5.32 Å². The molecule has 0 spiro atoms. The lowest BCUT2D eigenvalue weighted by atomic mass is 9.69. The van der Waals surface area contributed by atoms with Crippen LogP contribution in [0.2, 0.25) is 0 Å². The second kappa shape index (κ2) is 2.98. The lowest BCUT2D eigenvalue weighted by Crippen LogP contribution is -2.44. The molecule has 1 aliphatic heterocycles. The molecule has 3 rings (SSSR count). The van der Waals surface area contributed by atoms with E-state index in [2.05, 4.69) is 5.32 Å². The molecule has 2 saturated carbocycles. The van der Waals surface area contributed by atoms with E-state index in [0.717, 1.165) is 18.9 Å². The van der Waals surface area contributed by atoms with Crippen LogP contribution in [0.4, 0.5) is 0 Å². The molecule has 2 bridgehead atoms. The Bertz CT molecular complexity index is 259. The van der Waals surface area contributed by atoms with Gasteiger partial charge in [-0.3, -0.25) is 4.79 Å². The van der Waals surface area contributed by atoms with Crippen molar-refractivity contribution in [2.24, 2.45) is 17.3 Å². The van der Waals surface area contributed by atoms with Crippen molar-refractivity contribution in [3.63, 3.8) is 0 Å². The molecule has 2 nitrogen and oxygen atoms in total. The topological polar surface area (TPSA) is 29.1 Å². The van der Waals surface area contributed by atoms with Crippen molar-refractivity contribution < 1.29 is 4.79 Å². The average molecular weight is 193 g/mol. The van der Waals surface area contributed by atoms with E-state index in [-0.39, 0.29) is 0 Å². The number of carbonyl (C=O) groups excluding carboxylic acids is 1. The summed E-state index contributed by atoms with van der Waals surface area (Å²) >= 11 is 0. The van der Waals surface area contributed by atoms with Gasteiger partial charge in [0.05, 0.1) is 0 Å². The summed E-state index contributed by atoms with van der Waals surface area (Å²) in [4.78, 5) is 11.5. The van der Waals surface area contributed by atoms with Crippen molar-refractivity contribution in [3.8, 4) is 0 Å². The van der Waals surface area contributed by atoms with Crippen molar-refractivity contribution in [2.75, 3.05) is 6.54 Å². The normalized spacial score (nSPS) is 42.0. The van der Waals surface area contributed by atoms with Crippen LogP contribution in [0, 0.1) is 17.3 Å². The Morgan fingerprint density at radius 1 is 1.36 bits per heavy atom. The minimum atomic E-state index is 0.326. The minimum Gasteiger partial charge on any atom is -0.355 e. The largest absolute Gasteiger partial charge is 0.355 e. The zero-order valence-corrected chi connectivity index (χ0v) is 8.72. The SMILES string of the molecule is O=C1NCC2(CC3CCC3)CCC1C2. The Morgan fingerprint density at radius 3 is 2.93 bits per heavy atom. The van der Waals surface area contributed by atoms with Gasteiger partial charge in [0.2, 0.25) is 5.91 Å². The third-order valence-corrected chi connectivity index (χ3v) is 4.66. The van der Waals surface area contributed by atoms with Crippen LogP contribution in [0.1, 0.15) is 44.9 Å². The smallest absolute Gasteiger partial charge is 0.223 e. The molecule has 0 radical (unpaired) electrons. The molecule has 2 atom stereocenters. The second-order valence-electron chi connectivity index (χ2n) is 5.66. The molecule has 2 unspecified atom stereocenters. The molecule has 0 aromatic heterocycles. The number of piperidine rings is 1. The molecule has 1 saturated heterocycles. The van der Waals surface area contributed by atoms with Gasteiger partial charge in [0.15, 0.2) is 0 Å². The van der Waals surface area contributed by atoms with E-state index in [0.29, 0.717) is 17.2 Å². The Hall–Kier alpha value is -0.530. The second-order valence-corrected chi connectivity index (χ2v) is 5.66. The van der Waals surface area contributed by atoms with Crippen LogP contribution in [0.25, 0.3) is 0 Å². The first kappa shape index (κ1) is 8.75. The molecule has 0 aromatic carbocycles. The fraction of sp³-hybridized carbons (Fsp3) is 0.917. The summed E-state index contributed by atoms with van der Waals surface area (Å²) in [7, 11) is 0. The minimum absolute atomic E-state index is 0.326. The van der Waals surface area contributed by atoms with Gasteiger partial charge < -0.3 is 5.32 Å². The maximum absolute atomic E-state index is 11.5. The molecule has 14 heavy (non-hydrogen) atoms. The molecule has 2 heteroatoms. The first-order valence-corrected chi connectivity index (χ1v) is 6.05. The van der Waals surface area contributed by atoms with E-state index in [1.165, 1.54) is 38.5 Å². The van der Waals surface area contributed by atoms with E-state index in [9.17, 15) is 4.79 Å². The van der Waals surface area contributed by atoms with Crippen LogP contribution in [-0.2, 0) is 4.79 Å². The maximum Gasteiger partial charge on any atom is 0.223 e. The number of fused-ring (bicyclic) bond motifs is 2. The van der Waals surface area contributed by atoms with Crippen molar-refractivity contribution in [2.45, 2.75) is 44.9 Å². The summed E-state index contributed by atoms with van der Waals surface area (Å²) in [6.45, 7) is 0.971. The number of hydrogen-bond donors (Lipinski definition) is 1. The fourth-order valence-corrected chi connectivity index (χ4v) is 3.58. The summed E-state index contributed by atoms with van der Waals surface area (Å²) < 4.78 is 0. The van der Waals surface area contributed by atoms with Gasteiger partial charge in [0.25, 0.3) is 0 Å². The van der Waals surface area contributed by atoms with Gasteiger partial charge in [-0.2, -0.15) is 0 Å². The number of amides is 1. The third-order valence-electron chi connectivity index (χ3n) is 4.66. The predicted molar refractivity (Wildman–Crippen MR) is 54.7 cm³/mol. The zero-order chi connectivity index (χ0) is 9.60. The lowest BCUT2D eigenvalue weighted by Gasteiger charge is -2.39. The highest BCUT2D eigenvalue weighted by Crippen LogP contribution is 2.50. The molecular formula is C12H19NO. The quantitative estimate of drug-likeness (QED) is 0.715. The lowest BCUT2D eigenvalue weighted by molar-refractivity contribution is -0.127. The molecule has 3 aliphatic rings. The van der Waals surface area contributed by atoms with Crippen molar-refractivity contribution in [3.05, 3.63) is 0 Å². The van der Waals surface area contributed by atoms with Gasteiger partial charge in [-0.25, -0.2) is 0 Å². The predicted octanol–water partition coefficient (Wildman–Crippen LogP) is 2.09. The van der Waals surface area contributed by atoms with Gasteiger partial charge >= 0.3 is 0 Å². The van der Waals surface area contributed by atoms with Gasteiger partial charge in [-0.05, 0) is 37.0 Å². The summed E-state index contributed by atoms with van der Waals surface area (Å²) in [6.07, 6.45) is 9.36. The first-order valence-electron chi connectivity index (χ1n) is 6.05. The van der Waals surface area contributed by atoms with Crippen molar-refractivity contribution in [1.29, 1.82) is 0 Å². The summed E-state index contributed by atoms with van der Waals surface area (Å²) in [5.74, 6) is 1.68. The van der Waals surface area contributed by atoms with E-state index in [1.807, 2.05) is 0 Å². The van der Waals surface area contributed by atoms with E-state index in [1.54, 1.807) is 0 Å². The van der Waals surface area contributed by atoms with Gasteiger partial charge in [0, 0.05) is 12.5 Å². The Kier molecular flexibility index (Phi) is 1.86. The Morgan fingerprint density at radius 2 is 2.21 bits per heavy atom. The highest BCUT2D eigenvalue weighted by Gasteiger charge is 2.47. The standard InChI is InChI=1S/C12H19NO/c14-11-10-4-5-12(7-10,8-13-11)6-9-2-1-3-9/h9-10H,1-8H2,(H,13,14). The molecule has 1 amide bonds. The third kappa shape index (κ3) is 1.27. The average Bonchev–Trinajstić information content (AvgIpc) is 2.47. The number of carbonyl (C=O) groups is 1. The first-order chi connectivity index (χ1) is 6.77. The van der Waals surface area contributed by atoms with Crippen molar-refractivity contribution in [1.82, 2.24) is 5.32 Å². The Labute approximate surface area is 85.4 Å². The van der Waals surface area contributed by atoms with Gasteiger partial charge in [0.1, 0.15) is 0 Å². The van der Waals surface area contributed by atoms with Crippen LogP contribution in [0.5, 0.6) is 0 Å². The molecule has 1 N–H and O–H groups in total. The zero-order valence-electron chi connectivity index (χ0n) is 8.72. The number of nitrogens with one attached hydrogen (secondary N) is 1. The number of hydrogen-bond acceptors (Lipinski definition) is 1. The van der Waals surface area contributed by atoms with Gasteiger partial charge in [-0.1, -0.05) is 19.3 Å². The van der Waals surface area contributed by atoms with Crippen LogP contribution in [0.15, 0.2) is 0 Å². The molecule has 0 aromatic rings. The van der Waals surface area contributed by atoms with Gasteiger partial charge in [-0.15, -0.1) is 0 Å². The molecular weight excluding hydrogens is 174 g/mol. The summed E-state index contributed by atoms with van der Waals surface area (Å²) in [5.41, 5.74) is 0.518. The van der Waals surface area contributed by atoms with E-state index in [4.69, 9.17) is 0 Å². The van der Waals surface area contributed by atoms with Crippen LogP contribution in [-0.4, -0.2) is 12.5 Å². The fourth-order valence-electron chi connectivity index (χ4n) is 3.58. The van der Waals surface area contributed by atoms with E-state index < -0.39 is 0 Å². The Balaban J connectivity index is 1.68. The maximum atomic E-state index is 11.5. The monoisotopic (exact) mass is 193 g/mol. The number of rotatable bonds is 2. The molecule has 2 aliphatic carbocycles. The molecule has 1 heterocycles. The summed E-state index contributed by atoms with van der Waals surface area (Å²) in [5, 5.41) is 3.10. The summed E-state index contributed by atoms with van der Waals surface area (Å²) in [6, 6.07) is 0. The highest BCUT2D eigenvalue weighted by molar-refractivity contribution is 5.80. The highest BCUT2D eigenvalue weighted by atomic mass is 16.2. The van der Waals surface area contributed by atoms with E-state index >= 15 is 0 Å². The van der Waals surface area contributed by atoms with Crippen molar-refractivity contribution >= 4 is 5.91 Å². The van der Waals surface area contributed by atoms with Crippen LogP contribution in [0.3, 0.4) is 0 Å².